The number of methoxy groups -OCH3 is 1. The molecule has 0 aromatic carbocycles. The minimum absolute atomic E-state index is 0.235. The molecule has 4 nitrogen and oxygen atoms in total. The van der Waals surface area contributed by atoms with Crippen molar-refractivity contribution in [1.82, 2.24) is 9.88 Å². The number of ether oxygens (including phenoxy) is 1. The van der Waals surface area contributed by atoms with Gasteiger partial charge in [-0.1, -0.05) is 0 Å². The minimum atomic E-state index is -0.264. The lowest BCUT2D eigenvalue weighted by molar-refractivity contribution is -0.142. The predicted octanol–water partition coefficient (Wildman–Crippen LogP) is 0.676. The molecule has 0 saturated carbocycles. The molecule has 14 heavy (non-hydrogen) atoms. The molecule has 4 heteroatoms. The Kier molecular flexibility index (Phi) is 3.71. The summed E-state index contributed by atoms with van der Waals surface area (Å²) < 4.78 is 6.57. The molecule has 0 aliphatic heterocycles. The molecule has 0 radical (unpaired) electrons. The molecule has 0 saturated heterocycles. The molecule has 1 rings (SSSR count). The summed E-state index contributed by atoms with van der Waals surface area (Å²) in [5.41, 5.74) is 1.16. The smallest absolute Gasteiger partial charge is 0.322 e. The monoisotopic (exact) mass is 196 g/mol. The van der Waals surface area contributed by atoms with E-state index in [-0.39, 0.29) is 12.0 Å². The van der Waals surface area contributed by atoms with Crippen LogP contribution in [0.4, 0.5) is 0 Å². The van der Waals surface area contributed by atoms with Gasteiger partial charge in [-0.2, -0.15) is 0 Å². The van der Waals surface area contributed by atoms with Crippen molar-refractivity contribution >= 4 is 5.97 Å². The maximum atomic E-state index is 11.0. The molecular formula is C10H16N2O2. The van der Waals surface area contributed by atoms with Crippen molar-refractivity contribution in [3.05, 3.63) is 24.0 Å². The first-order valence-electron chi connectivity index (χ1n) is 4.55. The van der Waals surface area contributed by atoms with Crippen molar-refractivity contribution < 1.29 is 9.53 Å². The topological polar surface area (TPSA) is 43.3 Å². The van der Waals surface area contributed by atoms with E-state index >= 15 is 0 Å². The van der Waals surface area contributed by atoms with Crippen molar-refractivity contribution in [2.24, 2.45) is 7.05 Å². The van der Waals surface area contributed by atoms with Crippen molar-refractivity contribution in [1.29, 1.82) is 0 Å². The lowest BCUT2D eigenvalue weighted by Crippen LogP contribution is -2.34. The Labute approximate surface area is 83.9 Å². The van der Waals surface area contributed by atoms with Gasteiger partial charge in [-0.25, -0.2) is 0 Å². The van der Waals surface area contributed by atoms with Gasteiger partial charge in [0, 0.05) is 26.0 Å². The normalized spacial score (nSPS) is 12.5. The Morgan fingerprint density at radius 3 is 2.93 bits per heavy atom. The van der Waals surface area contributed by atoms with Gasteiger partial charge in [0.25, 0.3) is 0 Å². The Hall–Kier alpha value is -1.29. The van der Waals surface area contributed by atoms with Crippen LogP contribution in [0.25, 0.3) is 0 Å². The first kappa shape index (κ1) is 10.8. The second-order valence-electron chi connectivity index (χ2n) is 3.31. The third kappa shape index (κ3) is 2.88. The maximum Gasteiger partial charge on any atom is 0.322 e. The van der Waals surface area contributed by atoms with Crippen molar-refractivity contribution in [3.8, 4) is 0 Å². The van der Waals surface area contributed by atoms with Crippen molar-refractivity contribution in [3.63, 3.8) is 0 Å². The van der Waals surface area contributed by atoms with E-state index in [9.17, 15) is 4.79 Å². The second kappa shape index (κ2) is 4.81. The number of aryl methyl sites for hydroxylation is 1. The zero-order valence-corrected chi connectivity index (χ0v) is 8.78. The number of aromatic nitrogens is 1. The van der Waals surface area contributed by atoms with Crippen LogP contribution in [-0.4, -0.2) is 23.7 Å². The standard InChI is InChI=1S/C10H16N2O2/c1-8(10(13)14-3)11-6-9-4-5-12(2)7-9/h4-5,7-8,11H,6H2,1-3H3. The van der Waals surface area contributed by atoms with Crippen LogP contribution in [0.1, 0.15) is 12.5 Å². The van der Waals surface area contributed by atoms with E-state index in [0.29, 0.717) is 6.54 Å². The maximum absolute atomic E-state index is 11.0. The fourth-order valence-corrected chi connectivity index (χ4v) is 1.20. The molecule has 0 aliphatic rings. The Bertz CT molecular complexity index is 307. The quantitative estimate of drug-likeness (QED) is 0.720. The van der Waals surface area contributed by atoms with Crippen LogP contribution in [0.5, 0.6) is 0 Å². The Balaban J connectivity index is 2.37. The summed E-state index contributed by atoms with van der Waals surface area (Å²) in [4.78, 5) is 11.0. The number of nitrogens with one attached hydrogen (secondary N) is 1. The minimum Gasteiger partial charge on any atom is -0.468 e. The first-order chi connectivity index (χ1) is 6.63. The summed E-state index contributed by atoms with van der Waals surface area (Å²) in [6, 6.07) is 1.75. The summed E-state index contributed by atoms with van der Waals surface area (Å²) in [5.74, 6) is -0.235. The molecule has 1 aromatic rings. The van der Waals surface area contributed by atoms with Crippen molar-refractivity contribution in [2.45, 2.75) is 19.5 Å². The highest BCUT2D eigenvalue weighted by Gasteiger charge is 2.11. The zero-order chi connectivity index (χ0) is 10.6. The molecule has 1 heterocycles. The largest absolute Gasteiger partial charge is 0.468 e. The third-order valence-electron chi connectivity index (χ3n) is 2.06. The van der Waals surface area contributed by atoms with Crippen LogP contribution in [-0.2, 0) is 23.1 Å². The van der Waals surface area contributed by atoms with Crippen molar-refractivity contribution in [2.75, 3.05) is 7.11 Å². The summed E-state index contributed by atoms with van der Waals surface area (Å²) in [6.07, 6.45) is 3.98. The van der Waals surface area contributed by atoms with Gasteiger partial charge < -0.3 is 14.6 Å². The molecule has 0 spiro atoms. The van der Waals surface area contributed by atoms with Gasteiger partial charge in [-0.3, -0.25) is 4.79 Å². The number of rotatable bonds is 4. The average molecular weight is 196 g/mol. The van der Waals surface area contributed by atoms with E-state index in [1.807, 2.05) is 30.1 Å². The molecular weight excluding hydrogens is 180 g/mol. The van der Waals surface area contributed by atoms with Crippen LogP contribution in [0.3, 0.4) is 0 Å². The molecule has 0 aliphatic carbocycles. The summed E-state index contributed by atoms with van der Waals surface area (Å²) in [6.45, 7) is 2.46. The van der Waals surface area contributed by atoms with E-state index in [0.717, 1.165) is 5.56 Å². The summed E-state index contributed by atoms with van der Waals surface area (Å²) in [5, 5.41) is 3.08. The van der Waals surface area contributed by atoms with Crippen LogP contribution in [0.2, 0.25) is 0 Å². The Morgan fingerprint density at radius 2 is 2.43 bits per heavy atom. The van der Waals surface area contributed by atoms with Gasteiger partial charge in [0.05, 0.1) is 7.11 Å². The Morgan fingerprint density at radius 1 is 1.71 bits per heavy atom. The fourth-order valence-electron chi connectivity index (χ4n) is 1.20. The summed E-state index contributed by atoms with van der Waals surface area (Å²) in [7, 11) is 3.36. The highest BCUT2D eigenvalue weighted by atomic mass is 16.5. The highest BCUT2D eigenvalue weighted by Crippen LogP contribution is 1.99. The van der Waals surface area contributed by atoms with Gasteiger partial charge in [-0.15, -0.1) is 0 Å². The molecule has 1 aromatic heterocycles. The van der Waals surface area contributed by atoms with Gasteiger partial charge in [0.15, 0.2) is 0 Å². The zero-order valence-electron chi connectivity index (χ0n) is 8.78. The van der Waals surface area contributed by atoms with E-state index in [4.69, 9.17) is 0 Å². The van der Waals surface area contributed by atoms with Crippen LogP contribution >= 0.6 is 0 Å². The number of hydrogen-bond donors (Lipinski definition) is 1. The van der Waals surface area contributed by atoms with E-state index in [2.05, 4.69) is 10.1 Å². The molecule has 0 amide bonds. The van der Waals surface area contributed by atoms with Crippen LogP contribution in [0.15, 0.2) is 18.5 Å². The number of hydrogen-bond acceptors (Lipinski definition) is 3. The van der Waals surface area contributed by atoms with Gasteiger partial charge in [-0.05, 0) is 18.6 Å². The van der Waals surface area contributed by atoms with Gasteiger partial charge in [0.2, 0.25) is 0 Å². The fraction of sp³-hybridized carbons (Fsp3) is 0.500. The molecule has 78 valence electrons. The third-order valence-corrected chi connectivity index (χ3v) is 2.06. The molecule has 0 fully saturated rings. The second-order valence-corrected chi connectivity index (χ2v) is 3.31. The van der Waals surface area contributed by atoms with Crippen LogP contribution in [0, 0.1) is 0 Å². The SMILES string of the molecule is COC(=O)C(C)NCc1ccn(C)c1. The summed E-state index contributed by atoms with van der Waals surface area (Å²) >= 11 is 0. The molecule has 0 bridgehead atoms. The lowest BCUT2D eigenvalue weighted by atomic mass is 10.3. The van der Waals surface area contributed by atoms with Gasteiger partial charge >= 0.3 is 5.97 Å². The van der Waals surface area contributed by atoms with Crippen LogP contribution < -0.4 is 5.32 Å². The van der Waals surface area contributed by atoms with E-state index < -0.39 is 0 Å². The highest BCUT2D eigenvalue weighted by molar-refractivity contribution is 5.75. The lowest BCUT2D eigenvalue weighted by Gasteiger charge is -2.10. The number of esters is 1. The molecule has 1 N–H and O–H groups in total. The first-order valence-corrected chi connectivity index (χ1v) is 4.55. The average Bonchev–Trinajstić information content (AvgIpc) is 2.59. The van der Waals surface area contributed by atoms with E-state index in [1.165, 1.54) is 7.11 Å². The van der Waals surface area contributed by atoms with E-state index in [1.54, 1.807) is 6.92 Å². The molecule has 1 unspecified atom stereocenters. The number of carbonyl (C=O) groups excluding carboxylic acids is 1. The van der Waals surface area contributed by atoms with Gasteiger partial charge in [0.1, 0.15) is 6.04 Å². The number of carbonyl (C=O) groups is 1. The number of nitrogens with zero attached hydrogens (tertiary/aromatic N) is 1. The molecule has 1 atom stereocenters. The predicted molar refractivity (Wildman–Crippen MR) is 53.7 cm³/mol.